The van der Waals surface area contributed by atoms with Gasteiger partial charge in [0.15, 0.2) is 0 Å². The summed E-state index contributed by atoms with van der Waals surface area (Å²) in [5.41, 5.74) is 3.17. The fraction of sp³-hybridized carbons (Fsp3) is 0.214. The highest BCUT2D eigenvalue weighted by Gasteiger charge is 2.01. The number of methoxy groups -OCH3 is 1. The van der Waals surface area contributed by atoms with E-state index in [1.807, 2.05) is 31.2 Å². The van der Waals surface area contributed by atoms with Gasteiger partial charge in [0.1, 0.15) is 0 Å². The fourth-order valence-corrected chi connectivity index (χ4v) is 1.90. The number of nitrogens with one attached hydrogen (secondary N) is 1. The first-order chi connectivity index (χ1) is 8.69. The molecule has 1 heterocycles. The lowest BCUT2D eigenvalue weighted by atomic mass is 10.1. The third-order valence-electron chi connectivity index (χ3n) is 2.64. The van der Waals surface area contributed by atoms with Crippen molar-refractivity contribution in [3.05, 3.63) is 52.7 Å². The Kier molecular flexibility index (Phi) is 4.05. The third-order valence-corrected chi connectivity index (χ3v) is 2.99. The lowest BCUT2D eigenvalue weighted by Crippen LogP contribution is -2.00. The van der Waals surface area contributed by atoms with Crippen LogP contribution in [0.2, 0.25) is 5.02 Å². The molecule has 0 saturated carbocycles. The molecule has 0 radical (unpaired) electrons. The Balaban J connectivity index is 2.02. The van der Waals surface area contributed by atoms with Crippen LogP contribution in [0.3, 0.4) is 0 Å². The van der Waals surface area contributed by atoms with E-state index in [1.165, 1.54) is 0 Å². The minimum atomic E-state index is 0.605. The Morgan fingerprint density at radius 1 is 1.28 bits per heavy atom. The molecule has 1 aromatic carbocycles. The largest absolute Gasteiger partial charge is 0.481 e. The summed E-state index contributed by atoms with van der Waals surface area (Å²) in [7, 11) is 1.60. The van der Waals surface area contributed by atoms with E-state index >= 15 is 0 Å². The molecular formula is C14H15ClN2O. The Morgan fingerprint density at radius 2 is 2.11 bits per heavy atom. The second kappa shape index (κ2) is 5.74. The topological polar surface area (TPSA) is 34.1 Å². The number of anilines is 1. The number of nitrogens with zero attached hydrogens (tertiary/aromatic N) is 1. The molecule has 18 heavy (non-hydrogen) atoms. The molecular weight excluding hydrogens is 248 g/mol. The van der Waals surface area contributed by atoms with Crippen LogP contribution in [-0.2, 0) is 6.54 Å². The molecule has 0 spiro atoms. The third kappa shape index (κ3) is 3.14. The first-order valence-electron chi connectivity index (χ1n) is 5.68. The maximum atomic E-state index is 6.17. The van der Waals surface area contributed by atoms with Crippen LogP contribution in [-0.4, -0.2) is 12.1 Å². The lowest BCUT2D eigenvalue weighted by molar-refractivity contribution is 0.398. The monoisotopic (exact) mass is 262 g/mol. The number of hydrogen-bond acceptors (Lipinski definition) is 3. The molecule has 0 aliphatic carbocycles. The highest BCUT2D eigenvalue weighted by molar-refractivity contribution is 6.31. The average Bonchev–Trinajstić information content (AvgIpc) is 2.38. The number of rotatable bonds is 4. The van der Waals surface area contributed by atoms with E-state index in [2.05, 4.69) is 16.4 Å². The van der Waals surface area contributed by atoms with Crippen molar-refractivity contribution in [2.24, 2.45) is 0 Å². The summed E-state index contributed by atoms with van der Waals surface area (Å²) >= 11 is 6.17. The van der Waals surface area contributed by atoms with E-state index in [0.717, 1.165) is 21.8 Å². The van der Waals surface area contributed by atoms with Crippen LogP contribution >= 0.6 is 11.6 Å². The van der Waals surface area contributed by atoms with Crippen LogP contribution in [0.15, 0.2) is 36.5 Å². The number of aryl methyl sites for hydroxylation is 1. The highest BCUT2D eigenvalue weighted by atomic mass is 35.5. The predicted octanol–water partition coefficient (Wildman–Crippen LogP) is 3.66. The van der Waals surface area contributed by atoms with Crippen molar-refractivity contribution in [1.29, 1.82) is 0 Å². The number of hydrogen-bond donors (Lipinski definition) is 1. The van der Waals surface area contributed by atoms with Gasteiger partial charge in [-0.15, -0.1) is 0 Å². The summed E-state index contributed by atoms with van der Waals surface area (Å²) in [6.45, 7) is 2.70. The Labute approximate surface area is 112 Å². The van der Waals surface area contributed by atoms with Crippen LogP contribution in [0.25, 0.3) is 0 Å². The molecule has 0 aliphatic heterocycles. The van der Waals surface area contributed by atoms with Gasteiger partial charge in [-0.25, -0.2) is 4.98 Å². The van der Waals surface area contributed by atoms with E-state index in [-0.39, 0.29) is 0 Å². The molecule has 2 aromatic rings. The summed E-state index contributed by atoms with van der Waals surface area (Å²) in [4.78, 5) is 4.13. The van der Waals surface area contributed by atoms with E-state index in [1.54, 1.807) is 13.3 Å². The van der Waals surface area contributed by atoms with E-state index < -0.39 is 0 Å². The van der Waals surface area contributed by atoms with E-state index in [4.69, 9.17) is 16.3 Å². The van der Waals surface area contributed by atoms with Crippen LogP contribution in [0.5, 0.6) is 5.88 Å². The van der Waals surface area contributed by atoms with Crippen molar-refractivity contribution in [3.63, 3.8) is 0 Å². The van der Waals surface area contributed by atoms with Gasteiger partial charge in [-0.2, -0.15) is 0 Å². The molecule has 0 atom stereocenters. The zero-order chi connectivity index (χ0) is 13.0. The quantitative estimate of drug-likeness (QED) is 0.913. The smallest absolute Gasteiger partial charge is 0.213 e. The normalized spacial score (nSPS) is 10.2. The zero-order valence-electron chi connectivity index (χ0n) is 10.4. The molecule has 1 N–H and O–H groups in total. The van der Waals surface area contributed by atoms with Gasteiger partial charge in [0.2, 0.25) is 5.88 Å². The second-order valence-corrected chi connectivity index (χ2v) is 4.44. The van der Waals surface area contributed by atoms with Crippen LogP contribution < -0.4 is 10.1 Å². The van der Waals surface area contributed by atoms with Gasteiger partial charge in [0.05, 0.1) is 19.0 Å². The van der Waals surface area contributed by atoms with Crippen molar-refractivity contribution in [3.8, 4) is 5.88 Å². The SMILES string of the molecule is COc1ccc(NCc2ccc(C)cc2Cl)cn1. The van der Waals surface area contributed by atoms with Crippen molar-refractivity contribution in [2.75, 3.05) is 12.4 Å². The Bertz CT molecular complexity index is 526. The molecule has 0 fully saturated rings. The number of aromatic nitrogens is 1. The fourth-order valence-electron chi connectivity index (χ4n) is 1.60. The average molecular weight is 263 g/mol. The van der Waals surface area contributed by atoms with Crippen molar-refractivity contribution in [2.45, 2.75) is 13.5 Å². The number of benzene rings is 1. The summed E-state index contributed by atoms with van der Waals surface area (Å²) in [6.07, 6.45) is 1.74. The van der Waals surface area contributed by atoms with Gasteiger partial charge in [0, 0.05) is 17.6 Å². The molecule has 3 nitrogen and oxygen atoms in total. The molecule has 0 amide bonds. The maximum Gasteiger partial charge on any atom is 0.213 e. The molecule has 0 saturated heterocycles. The Morgan fingerprint density at radius 3 is 2.72 bits per heavy atom. The molecule has 4 heteroatoms. The van der Waals surface area contributed by atoms with Crippen molar-refractivity contribution >= 4 is 17.3 Å². The minimum absolute atomic E-state index is 0.605. The molecule has 0 bridgehead atoms. The number of halogens is 1. The van der Waals surface area contributed by atoms with Crippen LogP contribution in [0.1, 0.15) is 11.1 Å². The van der Waals surface area contributed by atoms with Gasteiger partial charge < -0.3 is 10.1 Å². The molecule has 0 aliphatic rings. The maximum absolute atomic E-state index is 6.17. The Hall–Kier alpha value is -1.74. The van der Waals surface area contributed by atoms with Gasteiger partial charge in [0.25, 0.3) is 0 Å². The second-order valence-electron chi connectivity index (χ2n) is 4.04. The van der Waals surface area contributed by atoms with Gasteiger partial charge >= 0.3 is 0 Å². The first kappa shape index (κ1) is 12.7. The predicted molar refractivity (Wildman–Crippen MR) is 74.3 cm³/mol. The number of pyridine rings is 1. The molecule has 0 unspecified atom stereocenters. The molecule has 2 rings (SSSR count). The van der Waals surface area contributed by atoms with Gasteiger partial charge in [-0.1, -0.05) is 23.7 Å². The van der Waals surface area contributed by atoms with Crippen molar-refractivity contribution in [1.82, 2.24) is 4.98 Å². The summed E-state index contributed by atoms with van der Waals surface area (Å²) < 4.78 is 5.00. The van der Waals surface area contributed by atoms with Gasteiger partial charge in [-0.3, -0.25) is 0 Å². The molecule has 1 aromatic heterocycles. The molecule has 94 valence electrons. The van der Waals surface area contributed by atoms with Gasteiger partial charge in [-0.05, 0) is 30.2 Å². The van der Waals surface area contributed by atoms with Crippen molar-refractivity contribution < 1.29 is 4.74 Å². The van der Waals surface area contributed by atoms with Crippen LogP contribution in [0, 0.1) is 6.92 Å². The lowest BCUT2D eigenvalue weighted by Gasteiger charge is -2.08. The highest BCUT2D eigenvalue weighted by Crippen LogP contribution is 2.19. The summed E-state index contributed by atoms with van der Waals surface area (Å²) in [5, 5.41) is 4.05. The standard InChI is InChI=1S/C14H15ClN2O/c1-10-3-4-11(13(15)7-10)8-16-12-5-6-14(18-2)17-9-12/h3-7,9,16H,8H2,1-2H3. The first-order valence-corrected chi connectivity index (χ1v) is 6.06. The van der Waals surface area contributed by atoms with E-state index in [0.29, 0.717) is 12.4 Å². The van der Waals surface area contributed by atoms with Crippen LogP contribution in [0.4, 0.5) is 5.69 Å². The zero-order valence-corrected chi connectivity index (χ0v) is 11.2. The van der Waals surface area contributed by atoms with E-state index in [9.17, 15) is 0 Å². The minimum Gasteiger partial charge on any atom is -0.481 e. The summed E-state index contributed by atoms with van der Waals surface area (Å²) in [6, 6.07) is 9.79. The summed E-state index contributed by atoms with van der Waals surface area (Å²) in [5.74, 6) is 0.605. The number of ether oxygens (including phenoxy) is 1.